The first kappa shape index (κ1) is 38.0. The molecule has 290 valence electrons. The van der Waals surface area contributed by atoms with Crippen molar-refractivity contribution in [2.75, 3.05) is 0 Å². The normalized spacial score (nSPS) is 11.0. The molecule has 0 amide bonds. The van der Waals surface area contributed by atoms with Crippen molar-refractivity contribution in [3.05, 3.63) is 206 Å². The molecule has 0 radical (unpaired) electrons. The van der Waals surface area contributed by atoms with E-state index in [9.17, 15) is 0 Å². The third-order valence-electron chi connectivity index (χ3n) is 10.9. The Bertz CT molecular complexity index is 3160. The van der Waals surface area contributed by atoms with Crippen LogP contribution in [0.3, 0.4) is 0 Å². The second-order valence-electron chi connectivity index (χ2n) is 14.2. The lowest BCUT2D eigenvalue weighted by molar-refractivity contribution is 1.17. The minimum absolute atomic E-state index is 0.713. The standard InChI is InChI=1S/C52H34N4.2C2H6/c1-4-14-35(15-5-1)46-34-47(54-52(53-46)37-16-6-2-7-17-37)36-24-28-41(29-25-36)56-49-23-13-11-21-43(49)45-33-39(27-31-51(45)56)38-26-30-50-44(32-38)42-20-10-12-22-48(42)55(50)40-18-8-3-9-19-40;2*1-2/h1-34H;2*1-2H3. The van der Waals surface area contributed by atoms with E-state index in [1.165, 1.54) is 60.4 Å². The molecule has 0 aliphatic heterocycles. The Morgan fingerprint density at radius 2 is 0.650 bits per heavy atom. The van der Waals surface area contributed by atoms with Gasteiger partial charge in [-0.25, -0.2) is 9.97 Å². The fourth-order valence-corrected chi connectivity index (χ4v) is 8.29. The number of para-hydroxylation sites is 3. The number of nitrogens with zero attached hydrogens (tertiary/aromatic N) is 4. The van der Waals surface area contributed by atoms with Gasteiger partial charge in [-0.3, -0.25) is 0 Å². The van der Waals surface area contributed by atoms with Crippen molar-refractivity contribution in [3.63, 3.8) is 0 Å². The molecule has 11 rings (SSSR count). The van der Waals surface area contributed by atoms with Crippen LogP contribution in [0.4, 0.5) is 0 Å². The van der Waals surface area contributed by atoms with E-state index in [0.717, 1.165) is 33.8 Å². The van der Waals surface area contributed by atoms with Crippen molar-refractivity contribution in [2.45, 2.75) is 27.7 Å². The lowest BCUT2D eigenvalue weighted by Crippen LogP contribution is -1.97. The Morgan fingerprint density at radius 3 is 1.15 bits per heavy atom. The predicted octanol–water partition coefficient (Wildman–Crippen LogP) is 15.4. The van der Waals surface area contributed by atoms with Crippen molar-refractivity contribution >= 4 is 43.6 Å². The first-order valence-corrected chi connectivity index (χ1v) is 21.0. The molecule has 60 heavy (non-hydrogen) atoms. The van der Waals surface area contributed by atoms with Gasteiger partial charge < -0.3 is 9.13 Å². The van der Waals surface area contributed by atoms with Gasteiger partial charge in [-0.1, -0.05) is 167 Å². The molecule has 3 aromatic heterocycles. The van der Waals surface area contributed by atoms with Crippen LogP contribution in [0.2, 0.25) is 0 Å². The maximum absolute atomic E-state index is 5.06. The zero-order valence-electron chi connectivity index (χ0n) is 34.4. The molecule has 0 aliphatic carbocycles. The highest BCUT2D eigenvalue weighted by Crippen LogP contribution is 2.38. The van der Waals surface area contributed by atoms with Gasteiger partial charge in [0.2, 0.25) is 0 Å². The molecule has 0 atom stereocenters. The number of hydrogen-bond donors (Lipinski definition) is 0. The van der Waals surface area contributed by atoms with Crippen LogP contribution in [-0.2, 0) is 0 Å². The summed E-state index contributed by atoms with van der Waals surface area (Å²) in [5, 5.41) is 4.96. The van der Waals surface area contributed by atoms with E-state index in [1.807, 2.05) is 64.1 Å². The molecule has 0 unspecified atom stereocenters. The van der Waals surface area contributed by atoms with E-state index in [-0.39, 0.29) is 0 Å². The average Bonchev–Trinajstić information content (AvgIpc) is 3.86. The number of aromatic nitrogens is 4. The molecule has 0 aliphatic rings. The van der Waals surface area contributed by atoms with E-state index in [2.05, 4.69) is 179 Å². The SMILES string of the molecule is CC.CC.c1ccc(-c2cc(-c3ccc(-n4c5ccccc5c5cc(-c6ccc7c(c6)c6ccccc6n7-c6ccccc6)ccc54)cc3)nc(-c3ccccc3)n2)cc1. The molecule has 0 bridgehead atoms. The second kappa shape index (κ2) is 16.7. The van der Waals surface area contributed by atoms with Crippen LogP contribution in [0.5, 0.6) is 0 Å². The van der Waals surface area contributed by atoms with E-state index in [0.29, 0.717) is 5.82 Å². The Morgan fingerprint density at radius 1 is 0.283 bits per heavy atom. The molecule has 0 N–H and O–H groups in total. The Balaban J connectivity index is 0.00000112. The van der Waals surface area contributed by atoms with Crippen molar-refractivity contribution in [3.8, 4) is 56.4 Å². The Hall–Kier alpha value is -7.56. The zero-order valence-corrected chi connectivity index (χ0v) is 34.4. The minimum atomic E-state index is 0.713. The fourth-order valence-electron chi connectivity index (χ4n) is 8.29. The highest BCUT2D eigenvalue weighted by atomic mass is 15.0. The van der Waals surface area contributed by atoms with Gasteiger partial charge in [0.1, 0.15) is 0 Å². The Labute approximate surface area is 351 Å². The lowest BCUT2D eigenvalue weighted by atomic mass is 10.0. The van der Waals surface area contributed by atoms with Crippen LogP contribution >= 0.6 is 0 Å². The predicted molar refractivity (Wildman–Crippen MR) is 255 cm³/mol. The third kappa shape index (κ3) is 6.82. The summed E-state index contributed by atoms with van der Waals surface area (Å²) in [5.74, 6) is 0.713. The number of rotatable bonds is 6. The van der Waals surface area contributed by atoms with Crippen molar-refractivity contribution in [1.29, 1.82) is 0 Å². The van der Waals surface area contributed by atoms with Crippen molar-refractivity contribution in [2.24, 2.45) is 0 Å². The maximum atomic E-state index is 5.06. The van der Waals surface area contributed by atoms with Gasteiger partial charge in [-0.2, -0.15) is 0 Å². The second-order valence-corrected chi connectivity index (χ2v) is 14.2. The van der Waals surface area contributed by atoms with Crippen LogP contribution in [0.15, 0.2) is 206 Å². The van der Waals surface area contributed by atoms with Crippen LogP contribution in [0.1, 0.15) is 27.7 Å². The molecule has 11 aromatic rings. The van der Waals surface area contributed by atoms with Crippen molar-refractivity contribution in [1.82, 2.24) is 19.1 Å². The van der Waals surface area contributed by atoms with Gasteiger partial charge >= 0.3 is 0 Å². The largest absolute Gasteiger partial charge is 0.309 e. The first-order chi connectivity index (χ1) is 29.8. The van der Waals surface area contributed by atoms with Gasteiger partial charge in [0.15, 0.2) is 5.82 Å². The van der Waals surface area contributed by atoms with E-state index in [4.69, 9.17) is 9.97 Å². The molecule has 0 spiro atoms. The van der Waals surface area contributed by atoms with E-state index < -0.39 is 0 Å². The highest BCUT2D eigenvalue weighted by molar-refractivity contribution is 6.12. The van der Waals surface area contributed by atoms with Gasteiger partial charge in [-0.05, 0) is 77.9 Å². The molecule has 0 saturated carbocycles. The molecule has 4 heteroatoms. The van der Waals surface area contributed by atoms with Gasteiger partial charge in [0.05, 0.1) is 33.5 Å². The summed E-state index contributed by atoms with van der Waals surface area (Å²) >= 11 is 0. The van der Waals surface area contributed by atoms with Gasteiger partial charge in [0, 0.05) is 49.6 Å². The van der Waals surface area contributed by atoms with Gasteiger partial charge in [0.25, 0.3) is 0 Å². The number of fused-ring (bicyclic) bond motifs is 6. The highest BCUT2D eigenvalue weighted by Gasteiger charge is 2.17. The topological polar surface area (TPSA) is 35.6 Å². The zero-order chi connectivity index (χ0) is 41.0. The molecular formula is C56H46N4. The minimum Gasteiger partial charge on any atom is -0.309 e. The summed E-state index contributed by atoms with van der Waals surface area (Å²) in [5.41, 5.74) is 14.3. The summed E-state index contributed by atoms with van der Waals surface area (Å²) in [6.45, 7) is 8.00. The maximum Gasteiger partial charge on any atom is 0.160 e. The first-order valence-electron chi connectivity index (χ1n) is 21.0. The summed E-state index contributed by atoms with van der Waals surface area (Å²) in [6.07, 6.45) is 0. The molecule has 0 fully saturated rings. The van der Waals surface area contributed by atoms with Crippen LogP contribution in [-0.4, -0.2) is 19.1 Å². The van der Waals surface area contributed by atoms with Crippen LogP contribution in [0.25, 0.3) is 100 Å². The third-order valence-corrected chi connectivity index (χ3v) is 10.9. The van der Waals surface area contributed by atoms with E-state index >= 15 is 0 Å². The number of benzene rings is 8. The summed E-state index contributed by atoms with van der Waals surface area (Å²) in [4.78, 5) is 10.0. The van der Waals surface area contributed by atoms with Gasteiger partial charge in [-0.15, -0.1) is 0 Å². The fraction of sp³-hybridized carbons (Fsp3) is 0.0714. The summed E-state index contributed by atoms with van der Waals surface area (Å²) in [6, 6.07) is 73.2. The number of hydrogen-bond acceptors (Lipinski definition) is 2. The molecule has 8 aromatic carbocycles. The molecular weight excluding hydrogens is 729 g/mol. The molecule has 0 saturated heterocycles. The van der Waals surface area contributed by atoms with Crippen molar-refractivity contribution < 1.29 is 0 Å². The molecule has 3 heterocycles. The quantitative estimate of drug-likeness (QED) is 0.169. The lowest BCUT2D eigenvalue weighted by Gasteiger charge is -2.12. The van der Waals surface area contributed by atoms with E-state index in [1.54, 1.807) is 0 Å². The van der Waals surface area contributed by atoms with Crippen LogP contribution < -0.4 is 0 Å². The Kier molecular flexibility index (Phi) is 10.6. The monoisotopic (exact) mass is 774 g/mol. The van der Waals surface area contributed by atoms with Crippen LogP contribution in [0, 0.1) is 0 Å². The average molecular weight is 775 g/mol. The summed E-state index contributed by atoms with van der Waals surface area (Å²) < 4.78 is 4.74. The summed E-state index contributed by atoms with van der Waals surface area (Å²) in [7, 11) is 0. The smallest absolute Gasteiger partial charge is 0.160 e. The molecule has 4 nitrogen and oxygen atoms in total.